The molecule has 0 rings (SSSR count). The van der Waals surface area contributed by atoms with Crippen LogP contribution in [0.15, 0.2) is 0 Å². The third-order valence-corrected chi connectivity index (χ3v) is 6.21. The summed E-state index contributed by atoms with van der Waals surface area (Å²) in [5.74, 6) is 1.17. The lowest BCUT2D eigenvalue weighted by atomic mass is 9.93. The molecule has 0 aliphatic carbocycles. The van der Waals surface area contributed by atoms with E-state index in [0.29, 0.717) is 12.3 Å². The predicted octanol–water partition coefficient (Wildman–Crippen LogP) is 0.640. The van der Waals surface area contributed by atoms with Gasteiger partial charge in [-0.15, -0.1) is 0 Å². The van der Waals surface area contributed by atoms with Gasteiger partial charge in [0.1, 0.15) is 30.6 Å². The Morgan fingerprint density at radius 1 is 0.758 bits per heavy atom. The molecule has 2 unspecified atom stereocenters. The Morgan fingerprint density at radius 3 is 1.97 bits per heavy atom. The molecule has 1 amide bonds. The van der Waals surface area contributed by atoms with Crippen LogP contribution in [0.5, 0.6) is 0 Å². The van der Waals surface area contributed by atoms with Crippen molar-refractivity contribution in [1.82, 2.24) is 10.6 Å². The molecule has 0 heterocycles. The van der Waals surface area contributed by atoms with E-state index in [0.717, 1.165) is 18.8 Å². The zero-order valence-corrected chi connectivity index (χ0v) is 20.8. The number of hydrogen-bond donors (Lipinski definition) is 8. The number of aliphatic hydroxyl groups excluding tert-OH is 6. The highest BCUT2D eigenvalue weighted by atomic mass is 16.4. The van der Waals surface area contributed by atoms with Gasteiger partial charge in [-0.2, -0.15) is 0 Å². The molecule has 198 valence electrons. The molecule has 0 aromatic rings. The van der Waals surface area contributed by atoms with Gasteiger partial charge < -0.3 is 36.0 Å². The molecule has 0 aromatic heterocycles. The normalized spacial score (nSPS) is 18.2. The first-order chi connectivity index (χ1) is 15.6. The first kappa shape index (κ1) is 32.2. The Balaban J connectivity index is 3.88. The minimum atomic E-state index is -1.85. The minimum absolute atomic E-state index is 0.0792. The van der Waals surface area contributed by atoms with E-state index in [-0.39, 0.29) is 19.0 Å². The Hall–Kier alpha value is -0.810. The summed E-state index contributed by atoms with van der Waals surface area (Å²) in [4.78, 5) is 12.0. The third kappa shape index (κ3) is 15.7. The van der Waals surface area contributed by atoms with Gasteiger partial charge >= 0.3 is 0 Å². The van der Waals surface area contributed by atoms with Crippen LogP contribution in [-0.2, 0) is 4.79 Å². The fraction of sp³-hybridized carbons (Fsp3) is 0.958. The molecule has 0 aromatic carbocycles. The molecule has 9 heteroatoms. The third-order valence-electron chi connectivity index (χ3n) is 6.21. The number of amides is 1. The standard InChI is InChI=1S/C24H50N2O7/c1-4-5-6-7-9-17(2)10-8-11-18(3)12-13-20(29)25-14-15-26-24(33)23(32)22(31)21(30)19(28)16-27/h17-19,21-24,26-28,30-33H,4-16H2,1-3H3,(H,25,29)/t17?,18?,19-,21-,22+,23-,24-/m1/s1. The van der Waals surface area contributed by atoms with Crippen LogP contribution in [0, 0.1) is 11.8 Å². The van der Waals surface area contributed by atoms with E-state index in [2.05, 4.69) is 31.4 Å². The minimum Gasteiger partial charge on any atom is -0.394 e. The van der Waals surface area contributed by atoms with Crippen molar-refractivity contribution in [3.63, 3.8) is 0 Å². The van der Waals surface area contributed by atoms with E-state index in [1.165, 1.54) is 44.9 Å². The maximum Gasteiger partial charge on any atom is 0.220 e. The van der Waals surface area contributed by atoms with Gasteiger partial charge in [0, 0.05) is 19.5 Å². The molecule has 0 fully saturated rings. The lowest BCUT2D eigenvalue weighted by Crippen LogP contribution is -2.54. The predicted molar refractivity (Wildman–Crippen MR) is 128 cm³/mol. The quantitative estimate of drug-likeness (QED) is 0.0880. The molecule has 0 bridgehead atoms. The second kappa shape index (κ2) is 19.5. The summed E-state index contributed by atoms with van der Waals surface area (Å²) in [5, 5.41) is 62.3. The Morgan fingerprint density at radius 2 is 1.36 bits per heavy atom. The number of aliphatic hydroxyl groups is 6. The van der Waals surface area contributed by atoms with Crippen LogP contribution in [0.1, 0.15) is 85.0 Å². The van der Waals surface area contributed by atoms with Crippen molar-refractivity contribution in [3.8, 4) is 0 Å². The van der Waals surface area contributed by atoms with Gasteiger partial charge in [-0.25, -0.2) is 0 Å². The van der Waals surface area contributed by atoms with Crippen molar-refractivity contribution >= 4 is 5.91 Å². The van der Waals surface area contributed by atoms with Gasteiger partial charge in [-0.05, 0) is 18.3 Å². The summed E-state index contributed by atoms with van der Waals surface area (Å²) in [7, 11) is 0. The van der Waals surface area contributed by atoms with E-state index in [1.54, 1.807) is 0 Å². The van der Waals surface area contributed by atoms with Crippen LogP contribution in [0.3, 0.4) is 0 Å². The molecule has 0 radical (unpaired) electrons. The number of carbonyl (C=O) groups excluding carboxylic acids is 1. The van der Waals surface area contributed by atoms with Gasteiger partial charge in [-0.1, -0.05) is 72.1 Å². The molecule has 0 aliphatic rings. The van der Waals surface area contributed by atoms with E-state index in [4.69, 9.17) is 5.11 Å². The Labute approximate surface area is 199 Å². The monoisotopic (exact) mass is 478 g/mol. The number of unbranched alkanes of at least 4 members (excludes halogenated alkanes) is 3. The molecule has 0 saturated carbocycles. The van der Waals surface area contributed by atoms with Crippen LogP contribution in [-0.4, -0.2) is 86.9 Å². The maximum absolute atomic E-state index is 12.0. The maximum atomic E-state index is 12.0. The van der Waals surface area contributed by atoms with E-state index >= 15 is 0 Å². The highest BCUT2D eigenvalue weighted by molar-refractivity contribution is 5.75. The van der Waals surface area contributed by atoms with Crippen molar-refractivity contribution in [2.24, 2.45) is 11.8 Å². The molecular formula is C24H50N2O7. The number of nitrogens with one attached hydrogen (secondary N) is 2. The van der Waals surface area contributed by atoms with Gasteiger partial charge in [0.05, 0.1) is 6.61 Å². The second-order valence-corrected chi connectivity index (χ2v) is 9.50. The molecule has 0 saturated heterocycles. The lowest BCUT2D eigenvalue weighted by molar-refractivity contribution is -0.145. The smallest absolute Gasteiger partial charge is 0.220 e. The number of hydrogen-bond acceptors (Lipinski definition) is 8. The highest BCUT2D eigenvalue weighted by Gasteiger charge is 2.33. The highest BCUT2D eigenvalue weighted by Crippen LogP contribution is 2.20. The van der Waals surface area contributed by atoms with Crippen LogP contribution < -0.4 is 10.6 Å². The van der Waals surface area contributed by atoms with Crippen molar-refractivity contribution in [2.45, 2.75) is 116 Å². The van der Waals surface area contributed by atoms with Gasteiger partial charge in [-0.3, -0.25) is 10.1 Å². The lowest BCUT2D eigenvalue weighted by Gasteiger charge is -2.28. The number of rotatable bonds is 21. The summed E-state index contributed by atoms with van der Waals surface area (Å²) in [5.41, 5.74) is 0. The van der Waals surface area contributed by atoms with Crippen molar-refractivity contribution in [3.05, 3.63) is 0 Å². The topological polar surface area (TPSA) is 163 Å². The fourth-order valence-corrected chi connectivity index (χ4v) is 3.76. The van der Waals surface area contributed by atoms with Crippen LogP contribution >= 0.6 is 0 Å². The average Bonchev–Trinajstić information content (AvgIpc) is 2.80. The van der Waals surface area contributed by atoms with E-state index in [9.17, 15) is 30.3 Å². The second-order valence-electron chi connectivity index (χ2n) is 9.50. The molecular weight excluding hydrogens is 428 g/mol. The molecule has 0 spiro atoms. The van der Waals surface area contributed by atoms with Crippen LogP contribution in [0.25, 0.3) is 0 Å². The largest absolute Gasteiger partial charge is 0.394 e. The SMILES string of the molecule is CCCCCCC(C)CCCC(C)CCC(=O)NCCN[C@H](O)[C@H](O)[C@@H](O)[C@H](O)[C@H](O)CO. The summed E-state index contributed by atoms with van der Waals surface area (Å²) in [6.45, 7) is 6.30. The average molecular weight is 479 g/mol. The first-order valence-corrected chi connectivity index (χ1v) is 12.6. The van der Waals surface area contributed by atoms with E-state index in [1.807, 2.05) is 0 Å². The summed E-state index contributed by atoms with van der Waals surface area (Å²) in [6.07, 6.45) is 2.72. The zero-order valence-electron chi connectivity index (χ0n) is 20.8. The molecule has 0 aliphatic heterocycles. The van der Waals surface area contributed by atoms with Crippen LogP contribution in [0.2, 0.25) is 0 Å². The van der Waals surface area contributed by atoms with Gasteiger partial charge in [0.25, 0.3) is 0 Å². The molecule has 7 atom stereocenters. The van der Waals surface area contributed by atoms with Crippen molar-refractivity contribution < 1.29 is 35.4 Å². The summed E-state index contributed by atoms with van der Waals surface area (Å²) >= 11 is 0. The van der Waals surface area contributed by atoms with Gasteiger partial charge in [0.2, 0.25) is 5.91 Å². The fourth-order valence-electron chi connectivity index (χ4n) is 3.76. The summed E-state index contributed by atoms with van der Waals surface area (Å²) in [6, 6.07) is 0. The summed E-state index contributed by atoms with van der Waals surface area (Å²) < 4.78 is 0. The molecule has 9 nitrogen and oxygen atoms in total. The first-order valence-electron chi connectivity index (χ1n) is 12.6. The van der Waals surface area contributed by atoms with Gasteiger partial charge in [0.15, 0.2) is 0 Å². The van der Waals surface area contributed by atoms with Crippen LogP contribution in [0.4, 0.5) is 0 Å². The Bertz CT molecular complexity index is 484. The zero-order chi connectivity index (χ0) is 25.2. The molecule has 33 heavy (non-hydrogen) atoms. The van der Waals surface area contributed by atoms with Crippen molar-refractivity contribution in [1.29, 1.82) is 0 Å². The molecule has 8 N–H and O–H groups in total. The van der Waals surface area contributed by atoms with E-state index < -0.39 is 37.3 Å². The van der Waals surface area contributed by atoms with Crippen molar-refractivity contribution in [2.75, 3.05) is 19.7 Å². The Kier molecular flexibility index (Phi) is 19.0. The number of carbonyl (C=O) groups is 1.